The number of aliphatic hydroxyl groups is 1. The van der Waals surface area contributed by atoms with Gasteiger partial charge in [0.15, 0.2) is 0 Å². The van der Waals surface area contributed by atoms with E-state index in [2.05, 4.69) is 12.1 Å². The van der Waals surface area contributed by atoms with Gasteiger partial charge in [-0.2, -0.15) is 0 Å². The number of rotatable bonds is 5. The second-order valence-electron chi connectivity index (χ2n) is 7.12. The van der Waals surface area contributed by atoms with Gasteiger partial charge in [0, 0.05) is 38.1 Å². The molecule has 0 atom stereocenters. The molecule has 1 aromatic carbocycles. The predicted octanol–water partition coefficient (Wildman–Crippen LogP) is 1.45. The van der Waals surface area contributed by atoms with Gasteiger partial charge in [0.1, 0.15) is 0 Å². The molecule has 24 heavy (non-hydrogen) atoms. The van der Waals surface area contributed by atoms with E-state index in [-0.39, 0.29) is 30.4 Å². The average Bonchev–Trinajstić information content (AvgIpc) is 3.01. The van der Waals surface area contributed by atoms with E-state index in [1.807, 2.05) is 23.1 Å². The van der Waals surface area contributed by atoms with E-state index in [1.54, 1.807) is 4.90 Å². The molecular weight excluding hydrogens is 304 g/mol. The maximum absolute atomic E-state index is 12.4. The molecule has 2 aliphatic rings. The molecule has 2 saturated heterocycles. The zero-order valence-electron chi connectivity index (χ0n) is 14.1. The molecule has 0 radical (unpaired) electrons. The van der Waals surface area contributed by atoms with E-state index >= 15 is 0 Å². The third kappa shape index (κ3) is 3.78. The van der Waals surface area contributed by atoms with Gasteiger partial charge in [0.2, 0.25) is 11.8 Å². The first kappa shape index (κ1) is 17.0. The minimum atomic E-state index is -0.137. The largest absolute Gasteiger partial charge is 0.396 e. The lowest BCUT2D eigenvalue weighted by Crippen LogP contribution is -2.48. The summed E-state index contributed by atoms with van der Waals surface area (Å²) in [6.07, 6.45) is 3.88. The van der Waals surface area contributed by atoms with Crippen molar-refractivity contribution in [2.45, 2.75) is 32.1 Å². The number of aliphatic hydroxyl groups excluding tert-OH is 1. The molecular formula is C19H26N2O3. The Kier molecular flexibility index (Phi) is 5.19. The van der Waals surface area contributed by atoms with Crippen LogP contribution in [0.3, 0.4) is 0 Å². The van der Waals surface area contributed by atoms with Gasteiger partial charge in [-0.3, -0.25) is 9.59 Å². The van der Waals surface area contributed by atoms with Crippen molar-refractivity contribution in [3.05, 3.63) is 35.9 Å². The number of piperidine rings is 1. The van der Waals surface area contributed by atoms with Crippen molar-refractivity contribution in [1.82, 2.24) is 9.80 Å². The SMILES string of the molecule is O=C(CN1CCCC1=O)N1CCC(CO)(Cc2ccccc2)CC1. The molecule has 5 nitrogen and oxygen atoms in total. The minimum absolute atomic E-state index is 0.0384. The minimum Gasteiger partial charge on any atom is -0.396 e. The molecule has 2 amide bonds. The van der Waals surface area contributed by atoms with E-state index in [1.165, 1.54) is 5.56 Å². The van der Waals surface area contributed by atoms with E-state index in [0.29, 0.717) is 26.1 Å². The average molecular weight is 330 g/mol. The number of hydrogen-bond acceptors (Lipinski definition) is 3. The van der Waals surface area contributed by atoms with E-state index < -0.39 is 0 Å². The number of carbonyl (C=O) groups excluding carboxylic acids is 2. The number of likely N-dealkylation sites (tertiary alicyclic amines) is 2. The first-order valence-electron chi connectivity index (χ1n) is 8.82. The molecule has 0 saturated carbocycles. The normalized spacial score (nSPS) is 20.5. The van der Waals surface area contributed by atoms with Gasteiger partial charge in [-0.1, -0.05) is 30.3 Å². The molecule has 130 valence electrons. The Morgan fingerprint density at radius 3 is 2.42 bits per heavy atom. The van der Waals surface area contributed by atoms with Gasteiger partial charge >= 0.3 is 0 Å². The predicted molar refractivity (Wildman–Crippen MR) is 91.3 cm³/mol. The van der Waals surface area contributed by atoms with Gasteiger partial charge in [0.05, 0.1) is 6.54 Å². The molecule has 0 aliphatic carbocycles. The Morgan fingerprint density at radius 1 is 1.12 bits per heavy atom. The van der Waals surface area contributed by atoms with Crippen molar-refractivity contribution in [2.75, 3.05) is 32.8 Å². The molecule has 0 unspecified atom stereocenters. The van der Waals surface area contributed by atoms with Crippen molar-refractivity contribution >= 4 is 11.8 Å². The van der Waals surface area contributed by atoms with Crippen LogP contribution in [0.5, 0.6) is 0 Å². The maximum Gasteiger partial charge on any atom is 0.242 e. The van der Waals surface area contributed by atoms with Crippen LogP contribution in [0.4, 0.5) is 0 Å². The maximum atomic E-state index is 12.4. The fourth-order valence-electron chi connectivity index (χ4n) is 3.78. The number of nitrogens with zero attached hydrogens (tertiary/aromatic N) is 2. The van der Waals surface area contributed by atoms with Crippen LogP contribution in [0, 0.1) is 5.41 Å². The molecule has 0 spiro atoms. The molecule has 0 aromatic heterocycles. The molecule has 2 aliphatic heterocycles. The summed E-state index contributed by atoms with van der Waals surface area (Å²) in [6.45, 7) is 2.38. The van der Waals surface area contributed by atoms with Crippen LogP contribution in [-0.2, 0) is 16.0 Å². The van der Waals surface area contributed by atoms with E-state index in [0.717, 1.165) is 25.7 Å². The first-order valence-corrected chi connectivity index (χ1v) is 8.82. The summed E-state index contributed by atoms with van der Waals surface area (Å²) >= 11 is 0. The van der Waals surface area contributed by atoms with Crippen LogP contribution >= 0.6 is 0 Å². The van der Waals surface area contributed by atoms with Crippen LogP contribution in [0.15, 0.2) is 30.3 Å². The van der Waals surface area contributed by atoms with Gasteiger partial charge < -0.3 is 14.9 Å². The summed E-state index contributed by atoms with van der Waals surface area (Å²) in [4.78, 5) is 27.6. The molecule has 5 heteroatoms. The molecule has 0 bridgehead atoms. The topological polar surface area (TPSA) is 60.9 Å². The lowest BCUT2D eigenvalue weighted by molar-refractivity contribution is -0.140. The lowest BCUT2D eigenvalue weighted by atomic mass is 9.74. The van der Waals surface area contributed by atoms with Crippen LogP contribution in [0.2, 0.25) is 0 Å². The van der Waals surface area contributed by atoms with Crippen LogP contribution in [-0.4, -0.2) is 59.5 Å². The number of carbonyl (C=O) groups is 2. The quantitative estimate of drug-likeness (QED) is 0.889. The van der Waals surface area contributed by atoms with Crippen molar-refractivity contribution in [2.24, 2.45) is 5.41 Å². The third-order valence-corrected chi connectivity index (χ3v) is 5.43. The second-order valence-corrected chi connectivity index (χ2v) is 7.12. The van der Waals surface area contributed by atoms with E-state index in [9.17, 15) is 14.7 Å². The zero-order valence-corrected chi connectivity index (χ0v) is 14.1. The number of benzene rings is 1. The summed E-state index contributed by atoms with van der Waals surface area (Å²) in [7, 11) is 0. The summed E-state index contributed by atoms with van der Waals surface area (Å²) in [5.41, 5.74) is 1.09. The lowest BCUT2D eigenvalue weighted by Gasteiger charge is -2.41. The molecule has 1 aromatic rings. The Balaban J connectivity index is 1.55. The first-order chi connectivity index (χ1) is 11.6. The van der Waals surface area contributed by atoms with Gasteiger partial charge in [-0.25, -0.2) is 0 Å². The summed E-state index contributed by atoms with van der Waals surface area (Å²) in [6, 6.07) is 10.2. The Morgan fingerprint density at radius 2 is 1.83 bits per heavy atom. The molecule has 1 N–H and O–H groups in total. The van der Waals surface area contributed by atoms with Crippen molar-refractivity contribution in [3.8, 4) is 0 Å². The molecule has 3 rings (SSSR count). The highest BCUT2D eigenvalue weighted by Gasteiger charge is 2.36. The summed E-state index contributed by atoms with van der Waals surface area (Å²) in [5.74, 6) is 0.130. The Bertz CT molecular complexity index is 580. The highest BCUT2D eigenvalue weighted by molar-refractivity contribution is 5.85. The van der Waals surface area contributed by atoms with Crippen LogP contribution < -0.4 is 0 Å². The van der Waals surface area contributed by atoms with Crippen LogP contribution in [0.25, 0.3) is 0 Å². The fourth-order valence-corrected chi connectivity index (χ4v) is 3.78. The van der Waals surface area contributed by atoms with Gasteiger partial charge in [-0.15, -0.1) is 0 Å². The van der Waals surface area contributed by atoms with Crippen molar-refractivity contribution < 1.29 is 14.7 Å². The smallest absolute Gasteiger partial charge is 0.242 e. The summed E-state index contributed by atoms with van der Waals surface area (Å²) < 4.78 is 0. The third-order valence-electron chi connectivity index (χ3n) is 5.43. The highest BCUT2D eigenvalue weighted by atomic mass is 16.3. The van der Waals surface area contributed by atoms with Crippen molar-refractivity contribution in [3.63, 3.8) is 0 Å². The monoisotopic (exact) mass is 330 g/mol. The van der Waals surface area contributed by atoms with Crippen molar-refractivity contribution in [1.29, 1.82) is 0 Å². The summed E-state index contributed by atoms with van der Waals surface area (Å²) in [5, 5.41) is 9.94. The Hall–Kier alpha value is -1.88. The Labute approximate surface area is 143 Å². The van der Waals surface area contributed by atoms with Gasteiger partial charge in [0.25, 0.3) is 0 Å². The zero-order chi connectivity index (χ0) is 17.0. The van der Waals surface area contributed by atoms with Crippen LogP contribution in [0.1, 0.15) is 31.2 Å². The number of amides is 2. The van der Waals surface area contributed by atoms with E-state index in [4.69, 9.17) is 0 Å². The second kappa shape index (κ2) is 7.34. The standard InChI is InChI=1S/C19H26N2O3/c22-15-19(13-16-5-2-1-3-6-16)8-11-20(12-9-19)18(24)14-21-10-4-7-17(21)23/h1-3,5-6,22H,4,7-15H2. The highest BCUT2D eigenvalue weighted by Crippen LogP contribution is 2.34. The molecule has 2 fully saturated rings. The fraction of sp³-hybridized carbons (Fsp3) is 0.579. The number of hydrogen-bond donors (Lipinski definition) is 1. The molecule has 2 heterocycles. The van der Waals surface area contributed by atoms with Gasteiger partial charge in [-0.05, 0) is 31.2 Å².